The van der Waals surface area contributed by atoms with Crippen LogP contribution in [0.15, 0.2) is 30.3 Å². The lowest BCUT2D eigenvalue weighted by molar-refractivity contribution is -0.119. The predicted octanol–water partition coefficient (Wildman–Crippen LogP) is 1.91. The molecule has 0 bridgehead atoms. The average molecular weight is 315 g/mol. The smallest absolute Gasteiger partial charge is 0.216 e. The van der Waals surface area contributed by atoms with Crippen molar-refractivity contribution in [1.82, 2.24) is 14.8 Å². The Kier molecular flexibility index (Phi) is 4.98. The van der Waals surface area contributed by atoms with Crippen LogP contribution in [-0.2, 0) is 23.1 Å². The third kappa shape index (κ3) is 3.92. The van der Waals surface area contributed by atoms with Crippen LogP contribution in [0.1, 0.15) is 19.0 Å². The molecule has 2 heterocycles. The van der Waals surface area contributed by atoms with Crippen molar-refractivity contribution < 1.29 is 9.53 Å². The van der Waals surface area contributed by atoms with Crippen molar-refractivity contribution in [3.05, 3.63) is 36.0 Å². The number of hydrogen-bond acceptors (Lipinski definition) is 3. The molecule has 124 valence electrons. The number of benzene rings is 1. The van der Waals surface area contributed by atoms with Crippen molar-refractivity contribution in [1.29, 1.82) is 0 Å². The maximum absolute atomic E-state index is 10.9. The van der Waals surface area contributed by atoms with E-state index in [-0.39, 0.29) is 12.0 Å². The number of ether oxygens (including phenoxy) is 1. The number of fused-ring (bicyclic) bond motifs is 1. The molecule has 2 aromatic rings. The number of carbonyl (C=O) groups excluding carboxylic acids is 1. The van der Waals surface area contributed by atoms with Crippen LogP contribution in [0.25, 0.3) is 10.9 Å². The first-order valence-electron chi connectivity index (χ1n) is 8.25. The summed E-state index contributed by atoms with van der Waals surface area (Å²) in [5.41, 5.74) is 2.60. The maximum Gasteiger partial charge on any atom is 0.216 e. The van der Waals surface area contributed by atoms with Crippen LogP contribution in [0.4, 0.5) is 0 Å². The zero-order chi connectivity index (χ0) is 16.2. The monoisotopic (exact) mass is 315 g/mol. The fourth-order valence-corrected chi connectivity index (χ4v) is 3.23. The van der Waals surface area contributed by atoms with E-state index in [4.69, 9.17) is 4.74 Å². The Morgan fingerprint density at radius 2 is 2.22 bits per heavy atom. The maximum atomic E-state index is 10.9. The van der Waals surface area contributed by atoms with Gasteiger partial charge in [-0.15, -0.1) is 0 Å². The first-order valence-corrected chi connectivity index (χ1v) is 8.25. The quantitative estimate of drug-likeness (QED) is 0.917. The van der Waals surface area contributed by atoms with E-state index in [0.717, 1.165) is 32.7 Å². The third-order valence-electron chi connectivity index (χ3n) is 4.50. The number of aryl methyl sites for hydroxylation is 1. The largest absolute Gasteiger partial charge is 0.375 e. The summed E-state index contributed by atoms with van der Waals surface area (Å²) in [4.78, 5) is 13.4. The lowest BCUT2D eigenvalue weighted by Crippen LogP contribution is -2.43. The van der Waals surface area contributed by atoms with Crippen LogP contribution in [0, 0.1) is 0 Å². The molecule has 0 aliphatic carbocycles. The summed E-state index contributed by atoms with van der Waals surface area (Å²) in [6, 6.07) is 10.8. The molecule has 23 heavy (non-hydrogen) atoms. The zero-order valence-electron chi connectivity index (χ0n) is 13.9. The zero-order valence-corrected chi connectivity index (χ0v) is 13.9. The van der Waals surface area contributed by atoms with Gasteiger partial charge in [-0.3, -0.25) is 9.69 Å². The molecule has 1 aliphatic rings. The second-order valence-electron chi connectivity index (χ2n) is 6.25. The van der Waals surface area contributed by atoms with Gasteiger partial charge in [-0.05, 0) is 23.9 Å². The minimum atomic E-state index is 0.0214. The highest BCUT2D eigenvalue weighted by atomic mass is 16.5. The highest BCUT2D eigenvalue weighted by molar-refractivity contribution is 5.81. The molecule has 1 aromatic heterocycles. The van der Waals surface area contributed by atoms with Gasteiger partial charge in [0.1, 0.15) is 0 Å². The fourth-order valence-electron chi connectivity index (χ4n) is 3.23. The van der Waals surface area contributed by atoms with Crippen molar-refractivity contribution in [2.45, 2.75) is 26.0 Å². The Morgan fingerprint density at radius 1 is 1.39 bits per heavy atom. The average Bonchev–Trinajstić information content (AvgIpc) is 2.84. The molecule has 1 aliphatic heterocycles. The van der Waals surface area contributed by atoms with E-state index in [9.17, 15) is 4.79 Å². The van der Waals surface area contributed by atoms with Crippen molar-refractivity contribution in [2.24, 2.45) is 7.05 Å². The number of para-hydroxylation sites is 1. The molecule has 1 N–H and O–H groups in total. The standard InChI is InChI=1S/C18H25N3O2/c1-14(22)19-8-7-17-13-21(9-10-23-17)12-16-11-15-5-3-4-6-18(15)20(16)2/h3-6,11,17H,7-10,12-13H2,1-2H3,(H,19,22)/t17-/m1/s1. The molecule has 1 fully saturated rings. The normalized spacial score (nSPS) is 19.1. The molecule has 1 amide bonds. The topological polar surface area (TPSA) is 46.5 Å². The first kappa shape index (κ1) is 16.0. The number of morpholine rings is 1. The van der Waals surface area contributed by atoms with Crippen LogP contribution in [0.5, 0.6) is 0 Å². The summed E-state index contributed by atoms with van der Waals surface area (Å²) < 4.78 is 8.09. The number of nitrogens with one attached hydrogen (secondary N) is 1. The van der Waals surface area contributed by atoms with E-state index in [1.807, 2.05) is 0 Å². The summed E-state index contributed by atoms with van der Waals surface area (Å²) in [6.07, 6.45) is 1.07. The lowest BCUT2D eigenvalue weighted by atomic mass is 10.2. The van der Waals surface area contributed by atoms with Gasteiger partial charge < -0.3 is 14.6 Å². The molecule has 3 rings (SSSR count). The van der Waals surface area contributed by atoms with E-state index in [0.29, 0.717) is 6.54 Å². The van der Waals surface area contributed by atoms with Crippen molar-refractivity contribution in [2.75, 3.05) is 26.2 Å². The minimum Gasteiger partial charge on any atom is -0.375 e. The van der Waals surface area contributed by atoms with Gasteiger partial charge in [-0.2, -0.15) is 0 Å². The molecule has 0 saturated carbocycles. The number of rotatable bonds is 5. The highest BCUT2D eigenvalue weighted by Gasteiger charge is 2.21. The number of nitrogens with zero attached hydrogens (tertiary/aromatic N) is 2. The van der Waals surface area contributed by atoms with E-state index in [1.54, 1.807) is 6.92 Å². The Labute approximate surface area is 137 Å². The van der Waals surface area contributed by atoms with Crippen LogP contribution >= 0.6 is 0 Å². The van der Waals surface area contributed by atoms with Crippen molar-refractivity contribution in [3.63, 3.8) is 0 Å². The van der Waals surface area contributed by atoms with Crippen molar-refractivity contribution in [3.8, 4) is 0 Å². The number of amides is 1. The van der Waals surface area contributed by atoms with Gasteiger partial charge in [0.25, 0.3) is 0 Å². The van der Waals surface area contributed by atoms with E-state index >= 15 is 0 Å². The van der Waals surface area contributed by atoms with E-state index in [1.165, 1.54) is 16.6 Å². The summed E-state index contributed by atoms with van der Waals surface area (Å²) in [6.45, 7) is 5.80. The molecular weight excluding hydrogens is 290 g/mol. The van der Waals surface area contributed by atoms with Gasteiger partial charge >= 0.3 is 0 Å². The SMILES string of the molecule is CC(=O)NCC[C@@H]1CN(Cc2cc3ccccc3n2C)CCO1. The third-order valence-corrected chi connectivity index (χ3v) is 4.50. The lowest BCUT2D eigenvalue weighted by Gasteiger charge is -2.33. The fraction of sp³-hybridized carbons (Fsp3) is 0.500. The molecule has 5 heteroatoms. The Balaban J connectivity index is 1.60. The second kappa shape index (κ2) is 7.15. The molecule has 1 atom stereocenters. The molecular formula is C18H25N3O2. The number of aromatic nitrogens is 1. The van der Waals surface area contributed by atoms with Gasteiger partial charge in [-0.1, -0.05) is 18.2 Å². The summed E-state index contributed by atoms with van der Waals surface area (Å²) in [7, 11) is 2.13. The minimum absolute atomic E-state index is 0.0214. The van der Waals surface area contributed by atoms with Crippen LogP contribution in [0.3, 0.4) is 0 Å². The van der Waals surface area contributed by atoms with Crippen LogP contribution < -0.4 is 5.32 Å². The van der Waals surface area contributed by atoms with Crippen LogP contribution in [0.2, 0.25) is 0 Å². The van der Waals surface area contributed by atoms with Gasteiger partial charge in [0.05, 0.1) is 12.7 Å². The summed E-state index contributed by atoms with van der Waals surface area (Å²) >= 11 is 0. The summed E-state index contributed by atoms with van der Waals surface area (Å²) in [5, 5.41) is 4.13. The molecule has 5 nitrogen and oxygen atoms in total. The Hall–Kier alpha value is -1.85. The Bertz CT molecular complexity index is 680. The highest BCUT2D eigenvalue weighted by Crippen LogP contribution is 2.20. The summed E-state index contributed by atoms with van der Waals surface area (Å²) in [5.74, 6) is 0.0214. The van der Waals surface area contributed by atoms with E-state index in [2.05, 4.69) is 52.2 Å². The number of hydrogen-bond donors (Lipinski definition) is 1. The molecule has 1 aromatic carbocycles. The second-order valence-corrected chi connectivity index (χ2v) is 6.25. The Morgan fingerprint density at radius 3 is 3.00 bits per heavy atom. The van der Waals surface area contributed by atoms with Crippen molar-refractivity contribution >= 4 is 16.8 Å². The van der Waals surface area contributed by atoms with Gasteiger partial charge in [0.15, 0.2) is 0 Å². The van der Waals surface area contributed by atoms with Gasteiger partial charge in [0.2, 0.25) is 5.91 Å². The molecule has 0 spiro atoms. The molecule has 1 saturated heterocycles. The molecule has 0 unspecified atom stereocenters. The van der Waals surface area contributed by atoms with Crippen LogP contribution in [-0.4, -0.2) is 47.7 Å². The van der Waals surface area contributed by atoms with Gasteiger partial charge in [-0.25, -0.2) is 0 Å². The first-order chi connectivity index (χ1) is 11.1. The van der Waals surface area contributed by atoms with E-state index < -0.39 is 0 Å². The predicted molar refractivity (Wildman–Crippen MR) is 91.2 cm³/mol. The molecule has 0 radical (unpaired) electrons. The number of carbonyl (C=O) groups is 1. The van der Waals surface area contributed by atoms with Gasteiger partial charge in [0, 0.05) is 51.4 Å².